The van der Waals surface area contributed by atoms with E-state index >= 15 is 0 Å². The van der Waals surface area contributed by atoms with Crippen molar-refractivity contribution in [2.45, 2.75) is 30.7 Å². The van der Waals surface area contributed by atoms with Crippen LogP contribution in [0, 0.1) is 6.92 Å². The fourth-order valence-electron chi connectivity index (χ4n) is 1.72. The molecule has 0 aliphatic heterocycles. The van der Waals surface area contributed by atoms with Crippen LogP contribution in [0.25, 0.3) is 0 Å². The Balaban J connectivity index is 2.00. The Labute approximate surface area is 122 Å². The maximum absolute atomic E-state index is 5.16. The third kappa shape index (κ3) is 3.78. The largest absolute Gasteiger partial charge is 0.354 e. The van der Waals surface area contributed by atoms with Gasteiger partial charge >= 0.3 is 0 Å². The second-order valence-electron chi connectivity index (χ2n) is 4.26. The zero-order valence-electron chi connectivity index (χ0n) is 11.8. The quantitative estimate of drug-likeness (QED) is 0.574. The highest BCUT2D eigenvalue weighted by Crippen LogP contribution is 2.22. The predicted molar refractivity (Wildman–Crippen MR) is 76.4 cm³/mol. The minimum atomic E-state index is -0.351. The van der Waals surface area contributed by atoms with Crippen molar-refractivity contribution in [3.63, 3.8) is 0 Å². The number of aryl methyl sites for hydroxylation is 1. The van der Waals surface area contributed by atoms with Gasteiger partial charge in [0.05, 0.1) is 6.54 Å². The molecule has 1 heterocycles. The molecule has 0 N–H and O–H groups in total. The molecular weight excluding hydrogens is 276 g/mol. The molecule has 6 nitrogen and oxygen atoms in total. The molecule has 0 radical (unpaired) electrons. The van der Waals surface area contributed by atoms with Crippen molar-refractivity contribution in [2.75, 3.05) is 14.2 Å². The number of aromatic nitrogens is 4. The van der Waals surface area contributed by atoms with Gasteiger partial charge in [-0.15, -0.1) is 5.10 Å². The minimum Gasteiger partial charge on any atom is -0.354 e. The summed E-state index contributed by atoms with van der Waals surface area (Å²) in [6.07, 6.45) is -0.351. The Bertz CT molecular complexity index is 543. The van der Waals surface area contributed by atoms with Crippen molar-refractivity contribution >= 4 is 11.8 Å². The smallest absolute Gasteiger partial charge is 0.209 e. The van der Waals surface area contributed by atoms with Gasteiger partial charge in [-0.05, 0) is 28.5 Å². The van der Waals surface area contributed by atoms with Crippen LogP contribution >= 0.6 is 11.8 Å². The van der Waals surface area contributed by atoms with Gasteiger partial charge in [-0.25, -0.2) is 4.68 Å². The summed E-state index contributed by atoms with van der Waals surface area (Å²) in [6.45, 7) is 2.57. The number of ether oxygens (including phenoxy) is 2. The van der Waals surface area contributed by atoms with Gasteiger partial charge in [0, 0.05) is 20.0 Å². The molecule has 0 amide bonds. The van der Waals surface area contributed by atoms with E-state index in [9.17, 15) is 0 Å². The summed E-state index contributed by atoms with van der Waals surface area (Å²) < 4.78 is 12.0. The first kappa shape index (κ1) is 15.0. The van der Waals surface area contributed by atoms with E-state index in [1.165, 1.54) is 11.1 Å². The molecule has 0 saturated heterocycles. The molecule has 0 saturated carbocycles. The highest BCUT2D eigenvalue weighted by molar-refractivity contribution is 7.98. The monoisotopic (exact) mass is 294 g/mol. The molecule has 2 aromatic rings. The molecule has 108 valence electrons. The number of benzene rings is 1. The molecule has 0 fully saturated rings. The zero-order valence-corrected chi connectivity index (χ0v) is 12.6. The van der Waals surface area contributed by atoms with Gasteiger partial charge in [0.15, 0.2) is 6.29 Å². The Morgan fingerprint density at radius 2 is 2.00 bits per heavy atom. The highest BCUT2D eigenvalue weighted by atomic mass is 32.2. The Morgan fingerprint density at radius 1 is 1.25 bits per heavy atom. The molecule has 0 unspecified atom stereocenters. The third-order valence-corrected chi connectivity index (χ3v) is 3.97. The van der Waals surface area contributed by atoms with E-state index in [0.717, 1.165) is 10.9 Å². The number of hydrogen-bond acceptors (Lipinski definition) is 6. The van der Waals surface area contributed by atoms with E-state index in [1.54, 1.807) is 30.7 Å². The summed E-state index contributed by atoms with van der Waals surface area (Å²) in [7, 11) is 3.19. The molecule has 1 aromatic carbocycles. The number of methoxy groups -OCH3 is 2. The second kappa shape index (κ2) is 7.37. The van der Waals surface area contributed by atoms with Gasteiger partial charge in [-0.3, -0.25) is 0 Å². The fourth-order valence-corrected chi connectivity index (χ4v) is 2.68. The first-order chi connectivity index (χ1) is 9.74. The molecule has 0 bridgehead atoms. The first-order valence-electron chi connectivity index (χ1n) is 6.23. The van der Waals surface area contributed by atoms with Crippen LogP contribution in [0.4, 0.5) is 0 Å². The molecule has 0 atom stereocenters. The summed E-state index contributed by atoms with van der Waals surface area (Å²) in [5.41, 5.74) is 2.55. The van der Waals surface area contributed by atoms with E-state index < -0.39 is 0 Å². The predicted octanol–water partition coefficient (Wildman–Crippen LogP) is 1.89. The molecule has 7 heteroatoms. The Kier molecular flexibility index (Phi) is 5.51. The molecule has 20 heavy (non-hydrogen) atoms. The maximum atomic E-state index is 5.16. The van der Waals surface area contributed by atoms with E-state index in [1.807, 2.05) is 12.1 Å². The van der Waals surface area contributed by atoms with Crippen molar-refractivity contribution in [1.82, 2.24) is 20.2 Å². The van der Waals surface area contributed by atoms with Crippen LogP contribution in [0.1, 0.15) is 11.1 Å². The van der Waals surface area contributed by atoms with Crippen LogP contribution in [0.15, 0.2) is 29.4 Å². The minimum absolute atomic E-state index is 0.351. The third-order valence-electron chi connectivity index (χ3n) is 2.96. The molecule has 0 aliphatic carbocycles. The molecule has 0 aliphatic rings. The summed E-state index contributed by atoms with van der Waals surface area (Å²) >= 11 is 1.60. The standard InChI is InChI=1S/C13H18N4O2S/c1-10-6-4-5-7-11(10)9-20-13-14-15-16-17(13)8-12(18-2)19-3/h4-7,12H,8-9H2,1-3H3. The van der Waals surface area contributed by atoms with E-state index in [0.29, 0.717) is 6.54 Å². The van der Waals surface area contributed by atoms with Crippen LogP contribution in [-0.2, 0) is 21.8 Å². The number of rotatable bonds is 7. The van der Waals surface area contributed by atoms with Crippen molar-refractivity contribution in [1.29, 1.82) is 0 Å². The normalized spacial score (nSPS) is 11.2. The van der Waals surface area contributed by atoms with E-state index in [4.69, 9.17) is 9.47 Å². The zero-order chi connectivity index (χ0) is 14.4. The Hall–Kier alpha value is -1.44. The molecule has 0 spiro atoms. The average molecular weight is 294 g/mol. The van der Waals surface area contributed by atoms with Crippen LogP contribution in [0.3, 0.4) is 0 Å². The first-order valence-corrected chi connectivity index (χ1v) is 7.22. The topological polar surface area (TPSA) is 62.1 Å². The van der Waals surface area contributed by atoms with Crippen molar-refractivity contribution in [2.24, 2.45) is 0 Å². The van der Waals surface area contributed by atoms with Gasteiger partial charge in [0.2, 0.25) is 5.16 Å². The lowest BCUT2D eigenvalue weighted by atomic mass is 10.1. The van der Waals surface area contributed by atoms with Crippen LogP contribution < -0.4 is 0 Å². The van der Waals surface area contributed by atoms with Crippen LogP contribution in [-0.4, -0.2) is 40.7 Å². The highest BCUT2D eigenvalue weighted by Gasteiger charge is 2.13. The summed E-state index contributed by atoms with van der Waals surface area (Å²) in [6, 6.07) is 8.29. The molecular formula is C13H18N4O2S. The Morgan fingerprint density at radius 3 is 2.70 bits per heavy atom. The van der Waals surface area contributed by atoms with Crippen molar-refractivity contribution in [3.8, 4) is 0 Å². The van der Waals surface area contributed by atoms with E-state index in [-0.39, 0.29) is 6.29 Å². The van der Waals surface area contributed by atoms with Gasteiger partial charge in [0.1, 0.15) is 0 Å². The fraction of sp³-hybridized carbons (Fsp3) is 0.462. The maximum Gasteiger partial charge on any atom is 0.209 e. The van der Waals surface area contributed by atoms with Gasteiger partial charge < -0.3 is 9.47 Å². The van der Waals surface area contributed by atoms with Crippen LogP contribution in [0.2, 0.25) is 0 Å². The van der Waals surface area contributed by atoms with Crippen LogP contribution in [0.5, 0.6) is 0 Å². The van der Waals surface area contributed by atoms with Crippen molar-refractivity contribution in [3.05, 3.63) is 35.4 Å². The summed E-state index contributed by atoms with van der Waals surface area (Å²) in [5.74, 6) is 0.831. The molecule has 2 rings (SSSR count). The second-order valence-corrected chi connectivity index (χ2v) is 5.20. The number of thioether (sulfide) groups is 1. The summed E-state index contributed by atoms with van der Waals surface area (Å²) in [4.78, 5) is 0. The lowest BCUT2D eigenvalue weighted by molar-refractivity contribution is -0.113. The lowest BCUT2D eigenvalue weighted by Gasteiger charge is -2.13. The SMILES string of the molecule is COC(Cn1nnnc1SCc1ccccc1C)OC. The average Bonchev–Trinajstić information content (AvgIpc) is 2.91. The van der Waals surface area contributed by atoms with Crippen molar-refractivity contribution < 1.29 is 9.47 Å². The molecule has 1 aromatic heterocycles. The number of tetrazole rings is 1. The summed E-state index contributed by atoms with van der Waals surface area (Å²) in [5, 5.41) is 12.5. The number of nitrogens with zero attached hydrogens (tertiary/aromatic N) is 4. The number of hydrogen-bond donors (Lipinski definition) is 0. The lowest BCUT2D eigenvalue weighted by Crippen LogP contribution is -2.21. The van der Waals surface area contributed by atoms with Gasteiger partial charge in [0.25, 0.3) is 0 Å². The van der Waals surface area contributed by atoms with Gasteiger partial charge in [-0.1, -0.05) is 36.0 Å². The van der Waals surface area contributed by atoms with Gasteiger partial charge in [-0.2, -0.15) is 0 Å². The van der Waals surface area contributed by atoms with E-state index in [2.05, 4.69) is 34.6 Å².